The first kappa shape index (κ1) is 30.3. The fraction of sp³-hybridized carbons (Fsp3) is 0.966. The van der Waals surface area contributed by atoms with Gasteiger partial charge in [0.05, 0.1) is 24.5 Å². The van der Waals surface area contributed by atoms with Crippen LogP contribution >= 0.6 is 0 Å². The summed E-state index contributed by atoms with van der Waals surface area (Å²) in [6.07, 6.45) is 5.00. The van der Waals surface area contributed by atoms with Crippen LogP contribution in [-0.2, 0) is 0 Å². The molecule has 230 valence electrons. The number of hydrogen-bond donors (Lipinski definition) is 4. The van der Waals surface area contributed by atoms with E-state index in [4.69, 9.17) is 5.41 Å². The molecule has 5 aliphatic rings. The van der Waals surface area contributed by atoms with Gasteiger partial charge in [-0.3, -0.25) is 31.2 Å². The van der Waals surface area contributed by atoms with Crippen LogP contribution in [-0.4, -0.2) is 110 Å². The Morgan fingerprint density at radius 2 is 1.62 bits per heavy atom. The highest BCUT2D eigenvalue weighted by Gasteiger charge is 2.53. The number of nitrogens with zero attached hydrogens (tertiary/aromatic N) is 4. The van der Waals surface area contributed by atoms with Crippen molar-refractivity contribution in [2.45, 2.75) is 108 Å². The second-order valence-corrected chi connectivity index (χ2v) is 14.0. The van der Waals surface area contributed by atoms with E-state index in [1.54, 1.807) is 0 Å². The Hall–Kier alpha value is -1.14. The maximum absolute atomic E-state index is 13.3. The first-order valence-electron chi connectivity index (χ1n) is 15.7. The molecule has 0 aromatic carbocycles. The van der Waals surface area contributed by atoms with Crippen LogP contribution in [0.3, 0.4) is 0 Å². The first-order chi connectivity index (χ1) is 18.9. The van der Waals surface area contributed by atoms with Crippen LogP contribution in [0.5, 0.6) is 0 Å². The van der Waals surface area contributed by atoms with Gasteiger partial charge >= 0.3 is 6.18 Å². The minimum atomic E-state index is -4.20. The number of likely N-dealkylation sites (N-methyl/N-ethyl adjacent to an activating group) is 3. The maximum atomic E-state index is 13.3. The monoisotopic (exact) mass is 570 g/mol. The number of rotatable bonds is 6. The van der Waals surface area contributed by atoms with Gasteiger partial charge in [0, 0.05) is 20.1 Å². The number of alkyl halides is 3. The summed E-state index contributed by atoms with van der Waals surface area (Å²) in [5, 5.41) is 20.0. The van der Waals surface area contributed by atoms with E-state index in [2.05, 4.69) is 58.6 Å². The summed E-state index contributed by atoms with van der Waals surface area (Å²) in [5.74, 6) is 3.18. The molecule has 0 amide bonds. The quantitative estimate of drug-likeness (QED) is 0.391. The molecule has 5 rings (SSSR count). The first-order valence-corrected chi connectivity index (χ1v) is 15.7. The number of halogens is 3. The molecule has 0 spiro atoms. The lowest BCUT2D eigenvalue weighted by Gasteiger charge is -2.50. The minimum Gasteiger partial charge on any atom is -0.337 e. The highest BCUT2D eigenvalue weighted by atomic mass is 19.4. The Morgan fingerprint density at radius 1 is 0.950 bits per heavy atom. The van der Waals surface area contributed by atoms with Crippen LogP contribution in [0.2, 0.25) is 0 Å². The van der Waals surface area contributed by atoms with Gasteiger partial charge in [-0.15, -0.1) is 0 Å². The maximum Gasteiger partial charge on any atom is 0.405 e. The molecule has 0 bridgehead atoms. The van der Waals surface area contributed by atoms with Gasteiger partial charge in [0.25, 0.3) is 0 Å². The Kier molecular flexibility index (Phi) is 8.99. The second-order valence-electron chi connectivity index (χ2n) is 14.0. The van der Waals surface area contributed by atoms with E-state index in [9.17, 15) is 13.2 Å². The van der Waals surface area contributed by atoms with Gasteiger partial charge in [-0.1, -0.05) is 26.7 Å². The van der Waals surface area contributed by atoms with Crippen molar-refractivity contribution in [1.82, 2.24) is 35.6 Å². The van der Waals surface area contributed by atoms with E-state index >= 15 is 0 Å². The molecule has 4 N–H and O–H groups in total. The summed E-state index contributed by atoms with van der Waals surface area (Å²) in [6, 6.07) is -1.30. The zero-order chi connectivity index (χ0) is 28.9. The van der Waals surface area contributed by atoms with E-state index in [0.717, 1.165) is 32.2 Å². The summed E-state index contributed by atoms with van der Waals surface area (Å²) < 4.78 is 40.0. The van der Waals surface area contributed by atoms with E-state index in [-0.39, 0.29) is 43.2 Å². The molecule has 8 unspecified atom stereocenters. The van der Waals surface area contributed by atoms with Crippen molar-refractivity contribution >= 4 is 5.96 Å². The summed E-state index contributed by atoms with van der Waals surface area (Å²) in [6.45, 7) is 5.58. The Balaban J connectivity index is 1.25. The smallest absolute Gasteiger partial charge is 0.337 e. The molecule has 3 saturated heterocycles. The Labute approximate surface area is 239 Å². The highest BCUT2D eigenvalue weighted by Crippen LogP contribution is 2.40. The predicted molar refractivity (Wildman–Crippen MR) is 152 cm³/mol. The van der Waals surface area contributed by atoms with Crippen molar-refractivity contribution in [2.75, 3.05) is 41.3 Å². The zero-order valence-corrected chi connectivity index (χ0v) is 25.3. The SMILES string of the molecule is CC(C)C1CCCCC1C1NC(N(C)C)C2C(N1)N(CC1CCC(C3NC(C(F)(F)F)CN3C)CC1)C(=N)N2C. The van der Waals surface area contributed by atoms with Gasteiger partial charge in [-0.2, -0.15) is 13.2 Å². The summed E-state index contributed by atoms with van der Waals surface area (Å²) in [4.78, 5) is 8.56. The van der Waals surface area contributed by atoms with Crippen molar-refractivity contribution in [3.8, 4) is 0 Å². The lowest BCUT2D eigenvalue weighted by molar-refractivity contribution is -0.150. The van der Waals surface area contributed by atoms with Gasteiger partial charge in [0.2, 0.25) is 0 Å². The molecule has 8 atom stereocenters. The highest BCUT2D eigenvalue weighted by molar-refractivity contribution is 5.80. The van der Waals surface area contributed by atoms with Crippen molar-refractivity contribution in [3.63, 3.8) is 0 Å². The summed E-state index contributed by atoms with van der Waals surface area (Å²) >= 11 is 0. The number of hydrogen-bond acceptors (Lipinski definition) is 6. The molecular weight excluding hydrogens is 517 g/mol. The van der Waals surface area contributed by atoms with Gasteiger partial charge < -0.3 is 9.80 Å². The van der Waals surface area contributed by atoms with E-state index in [1.165, 1.54) is 25.7 Å². The van der Waals surface area contributed by atoms with Crippen molar-refractivity contribution < 1.29 is 13.2 Å². The molecular formula is C29H53F3N8. The van der Waals surface area contributed by atoms with Gasteiger partial charge in [0.15, 0.2) is 5.96 Å². The normalized spacial score (nSPS) is 41.8. The van der Waals surface area contributed by atoms with Gasteiger partial charge in [-0.25, -0.2) is 0 Å². The lowest BCUT2D eigenvalue weighted by Crippen LogP contribution is -2.74. The average molecular weight is 571 g/mol. The fourth-order valence-electron chi connectivity index (χ4n) is 8.74. The van der Waals surface area contributed by atoms with E-state index in [1.807, 2.05) is 19.0 Å². The molecule has 40 heavy (non-hydrogen) atoms. The van der Waals surface area contributed by atoms with Crippen LogP contribution in [0.4, 0.5) is 13.2 Å². The Morgan fingerprint density at radius 3 is 2.23 bits per heavy atom. The fourth-order valence-corrected chi connectivity index (χ4v) is 8.74. The average Bonchev–Trinajstić information content (AvgIpc) is 3.42. The molecule has 0 radical (unpaired) electrons. The predicted octanol–water partition coefficient (Wildman–Crippen LogP) is 3.33. The molecule has 5 fully saturated rings. The van der Waals surface area contributed by atoms with Crippen LogP contribution in [0.25, 0.3) is 0 Å². The largest absolute Gasteiger partial charge is 0.405 e. The summed E-state index contributed by atoms with van der Waals surface area (Å²) in [7, 11) is 8.13. The lowest BCUT2D eigenvalue weighted by atomic mass is 9.71. The van der Waals surface area contributed by atoms with Crippen molar-refractivity contribution in [3.05, 3.63) is 0 Å². The van der Waals surface area contributed by atoms with E-state index < -0.39 is 12.2 Å². The number of fused-ring (bicyclic) bond motifs is 1. The Bertz CT molecular complexity index is 876. The number of nitrogens with one attached hydrogen (secondary N) is 4. The minimum absolute atomic E-state index is 0.0288. The standard InChI is InChI=1S/C29H53F3N8/c1-17(2)20-9-7-8-10-21(20)24-35-26(37(3)4)23-27(36-24)40(28(33)39(23)6)15-18-11-13-19(14-12-18)25-34-22(16-38(25)5)29(30,31)32/h17-27,33-36H,7-16H2,1-6H3. The number of guanidine groups is 1. The van der Waals surface area contributed by atoms with Crippen LogP contribution in [0.1, 0.15) is 65.2 Å². The molecule has 2 aliphatic carbocycles. The topological polar surface area (TPSA) is 72.9 Å². The van der Waals surface area contributed by atoms with Gasteiger partial charge in [-0.05, 0) is 89.3 Å². The molecule has 0 aromatic heterocycles. The molecule has 2 saturated carbocycles. The third-order valence-electron chi connectivity index (χ3n) is 11.0. The zero-order valence-electron chi connectivity index (χ0n) is 25.3. The van der Waals surface area contributed by atoms with Gasteiger partial charge in [0.1, 0.15) is 12.2 Å². The van der Waals surface area contributed by atoms with E-state index in [0.29, 0.717) is 29.6 Å². The van der Waals surface area contributed by atoms with Crippen LogP contribution in [0.15, 0.2) is 0 Å². The van der Waals surface area contributed by atoms with Crippen LogP contribution < -0.4 is 16.0 Å². The molecule has 11 heteroatoms. The summed E-state index contributed by atoms with van der Waals surface area (Å²) in [5.41, 5.74) is 0. The van der Waals surface area contributed by atoms with Crippen LogP contribution in [0, 0.1) is 35.0 Å². The third kappa shape index (κ3) is 5.87. The third-order valence-corrected chi connectivity index (χ3v) is 11.0. The van der Waals surface area contributed by atoms with Crippen molar-refractivity contribution in [1.29, 1.82) is 5.41 Å². The molecule has 0 aromatic rings. The molecule has 8 nitrogen and oxygen atoms in total. The van der Waals surface area contributed by atoms with Crippen molar-refractivity contribution in [2.24, 2.45) is 29.6 Å². The molecule has 3 heterocycles. The molecule has 3 aliphatic heterocycles. The second kappa shape index (κ2) is 11.9.